The Balaban J connectivity index is 1.66. The van der Waals surface area contributed by atoms with E-state index in [-0.39, 0.29) is 11.4 Å². The normalized spacial score (nSPS) is 16.9. The van der Waals surface area contributed by atoms with Crippen molar-refractivity contribution < 1.29 is 22.7 Å². The van der Waals surface area contributed by atoms with E-state index in [0.29, 0.717) is 16.5 Å². The molecule has 1 unspecified atom stereocenters. The third-order valence-electron chi connectivity index (χ3n) is 3.53. The van der Waals surface area contributed by atoms with E-state index in [2.05, 4.69) is 10.0 Å². The number of para-hydroxylation sites is 1. The standard InChI is InChI=1S/C16H14ClN3O5S/c17-12-3-1-2-4-14(12)25-10-5-7-11(8-6-10)26(23,24)18-9-13-15(21)20-16(22)19-13/h1-8,13,18H,9H2,(H2,19,20,21,22). The van der Waals surface area contributed by atoms with E-state index < -0.39 is 28.0 Å². The molecule has 0 spiro atoms. The zero-order valence-electron chi connectivity index (χ0n) is 13.2. The number of carbonyl (C=O) groups excluding carboxylic acids is 2. The van der Waals surface area contributed by atoms with Crippen LogP contribution in [0.15, 0.2) is 53.4 Å². The summed E-state index contributed by atoms with van der Waals surface area (Å²) in [7, 11) is -3.85. The van der Waals surface area contributed by atoms with Crippen molar-refractivity contribution in [1.29, 1.82) is 0 Å². The number of ether oxygens (including phenoxy) is 1. The summed E-state index contributed by atoms with van der Waals surface area (Å²) in [5, 5.41) is 4.77. The number of hydrogen-bond acceptors (Lipinski definition) is 5. The minimum atomic E-state index is -3.85. The summed E-state index contributed by atoms with van der Waals surface area (Å²) in [5.74, 6) is 0.284. The number of amides is 3. The molecule has 3 rings (SSSR count). The first kappa shape index (κ1) is 18.2. The number of halogens is 1. The van der Waals surface area contributed by atoms with E-state index in [9.17, 15) is 18.0 Å². The lowest BCUT2D eigenvalue weighted by Gasteiger charge is -2.11. The summed E-state index contributed by atoms with van der Waals surface area (Å²) in [4.78, 5) is 22.4. The smallest absolute Gasteiger partial charge is 0.322 e. The van der Waals surface area contributed by atoms with Crippen LogP contribution in [0.1, 0.15) is 0 Å². The Morgan fingerprint density at radius 2 is 1.77 bits per heavy atom. The van der Waals surface area contributed by atoms with Gasteiger partial charge in [-0.15, -0.1) is 0 Å². The van der Waals surface area contributed by atoms with Crippen molar-refractivity contribution in [3.8, 4) is 11.5 Å². The lowest BCUT2D eigenvalue weighted by molar-refractivity contribution is -0.120. The van der Waals surface area contributed by atoms with Gasteiger partial charge in [-0.3, -0.25) is 10.1 Å². The summed E-state index contributed by atoms with van der Waals surface area (Å²) in [5.41, 5.74) is 0. The fourth-order valence-corrected chi connectivity index (χ4v) is 3.44. The van der Waals surface area contributed by atoms with Gasteiger partial charge in [0, 0.05) is 6.54 Å². The minimum Gasteiger partial charge on any atom is -0.456 e. The molecule has 1 heterocycles. The molecule has 1 fully saturated rings. The molecular formula is C16H14ClN3O5S. The highest BCUT2D eigenvalue weighted by molar-refractivity contribution is 7.89. The average Bonchev–Trinajstić information content (AvgIpc) is 2.93. The first-order valence-corrected chi connectivity index (χ1v) is 9.35. The van der Waals surface area contributed by atoms with E-state index in [1.54, 1.807) is 24.3 Å². The molecule has 8 nitrogen and oxygen atoms in total. The van der Waals surface area contributed by atoms with Crippen molar-refractivity contribution >= 4 is 33.6 Å². The first-order chi connectivity index (χ1) is 12.3. The highest BCUT2D eigenvalue weighted by Crippen LogP contribution is 2.29. The Kier molecular flexibility index (Phi) is 5.12. The zero-order valence-corrected chi connectivity index (χ0v) is 14.8. The van der Waals surface area contributed by atoms with Gasteiger partial charge in [0.05, 0.1) is 9.92 Å². The van der Waals surface area contributed by atoms with Gasteiger partial charge in [0.1, 0.15) is 17.5 Å². The van der Waals surface area contributed by atoms with E-state index in [0.717, 1.165) is 0 Å². The SMILES string of the molecule is O=C1NC(=O)C(CNS(=O)(=O)c2ccc(Oc3ccccc3Cl)cc2)N1. The highest BCUT2D eigenvalue weighted by atomic mass is 35.5. The largest absolute Gasteiger partial charge is 0.456 e. The fraction of sp³-hybridized carbons (Fsp3) is 0.125. The number of urea groups is 1. The Bertz CT molecular complexity index is 947. The molecule has 0 aromatic heterocycles. The van der Waals surface area contributed by atoms with Gasteiger partial charge >= 0.3 is 6.03 Å². The molecule has 0 saturated carbocycles. The topological polar surface area (TPSA) is 114 Å². The van der Waals surface area contributed by atoms with Gasteiger partial charge in [-0.05, 0) is 36.4 Å². The molecule has 1 saturated heterocycles. The van der Waals surface area contributed by atoms with Crippen molar-refractivity contribution in [2.75, 3.05) is 6.54 Å². The van der Waals surface area contributed by atoms with Crippen molar-refractivity contribution in [1.82, 2.24) is 15.4 Å². The van der Waals surface area contributed by atoms with Crippen molar-refractivity contribution in [3.05, 3.63) is 53.6 Å². The van der Waals surface area contributed by atoms with Gasteiger partial charge in [0.2, 0.25) is 10.0 Å². The predicted molar refractivity (Wildman–Crippen MR) is 93.6 cm³/mol. The third kappa shape index (κ3) is 4.13. The van der Waals surface area contributed by atoms with Gasteiger partial charge in [-0.1, -0.05) is 23.7 Å². The Hall–Kier alpha value is -2.62. The summed E-state index contributed by atoms with van der Waals surface area (Å²) in [6.45, 7) is -0.252. The molecule has 136 valence electrons. The van der Waals surface area contributed by atoms with Crippen molar-refractivity contribution in [2.24, 2.45) is 0 Å². The number of imide groups is 1. The molecule has 2 aromatic rings. The van der Waals surface area contributed by atoms with Crippen LogP contribution in [0.25, 0.3) is 0 Å². The van der Waals surface area contributed by atoms with E-state index in [4.69, 9.17) is 16.3 Å². The summed E-state index contributed by atoms with van der Waals surface area (Å²) < 4.78 is 32.4. The van der Waals surface area contributed by atoms with Crippen LogP contribution in [0.4, 0.5) is 4.79 Å². The maximum atomic E-state index is 12.3. The average molecular weight is 396 g/mol. The van der Waals surface area contributed by atoms with Crippen LogP contribution in [0, 0.1) is 0 Å². The van der Waals surface area contributed by atoms with Crippen LogP contribution in [0.5, 0.6) is 11.5 Å². The molecule has 1 aliphatic rings. The highest BCUT2D eigenvalue weighted by Gasteiger charge is 2.30. The quantitative estimate of drug-likeness (QED) is 0.643. The molecule has 26 heavy (non-hydrogen) atoms. The molecule has 2 aromatic carbocycles. The maximum Gasteiger partial charge on any atom is 0.322 e. The van der Waals surface area contributed by atoms with Gasteiger partial charge in [-0.2, -0.15) is 0 Å². The number of nitrogens with one attached hydrogen (secondary N) is 3. The molecule has 1 atom stereocenters. The Morgan fingerprint density at radius 3 is 2.38 bits per heavy atom. The Labute approximate surface area is 154 Å². The van der Waals surface area contributed by atoms with E-state index in [1.165, 1.54) is 24.3 Å². The molecule has 3 amide bonds. The second kappa shape index (κ2) is 7.32. The summed E-state index contributed by atoms with van der Waals surface area (Å²) in [6, 6.07) is 11.0. The number of sulfonamides is 1. The zero-order chi connectivity index (χ0) is 18.7. The molecule has 3 N–H and O–H groups in total. The van der Waals surface area contributed by atoms with Crippen LogP contribution in [0.3, 0.4) is 0 Å². The number of benzene rings is 2. The second-order valence-electron chi connectivity index (χ2n) is 5.37. The van der Waals surface area contributed by atoms with Crippen LogP contribution >= 0.6 is 11.6 Å². The summed E-state index contributed by atoms with van der Waals surface area (Å²) >= 11 is 6.01. The molecule has 0 aliphatic carbocycles. The van der Waals surface area contributed by atoms with E-state index >= 15 is 0 Å². The molecular weight excluding hydrogens is 382 g/mol. The van der Waals surface area contributed by atoms with Gasteiger partial charge in [-0.25, -0.2) is 17.9 Å². The van der Waals surface area contributed by atoms with Gasteiger partial charge in [0.15, 0.2) is 0 Å². The maximum absolute atomic E-state index is 12.3. The number of rotatable bonds is 6. The molecule has 0 bridgehead atoms. The van der Waals surface area contributed by atoms with Crippen molar-refractivity contribution in [3.63, 3.8) is 0 Å². The second-order valence-corrected chi connectivity index (χ2v) is 7.55. The van der Waals surface area contributed by atoms with Crippen LogP contribution in [-0.4, -0.2) is 32.9 Å². The Morgan fingerprint density at radius 1 is 1.08 bits per heavy atom. The third-order valence-corrected chi connectivity index (χ3v) is 5.29. The predicted octanol–water partition coefficient (Wildman–Crippen LogP) is 1.62. The van der Waals surface area contributed by atoms with Crippen LogP contribution < -0.4 is 20.1 Å². The van der Waals surface area contributed by atoms with Gasteiger partial charge < -0.3 is 10.1 Å². The number of carbonyl (C=O) groups is 2. The lowest BCUT2D eigenvalue weighted by atomic mass is 10.3. The van der Waals surface area contributed by atoms with Crippen LogP contribution in [0.2, 0.25) is 5.02 Å². The monoisotopic (exact) mass is 395 g/mol. The molecule has 1 aliphatic heterocycles. The fourth-order valence-electron chi connectivity index (χ4n) is 2.22. The first-order valence-electron chi connectivity index (χ1n) is 7.48. The minimum absolute atomic E-state index is 0.00580. The number of hydrogen-bond donors (Lipinski definition) is 3. The van der Waals surface area contributed by atoms with Crippen molar-refractivity contribution in [2.45, 2.75) is 10.9 Å². The van der Waals surface area contributed by atoms with E-state index in [1.807, 2.05) is 5.32 Å². The van der Waals surface area contributed by atoms with Gasteiger partial charge in [0.25, 0.3) is 5.91 Å². The molecule has 10 heteroatoms. The van der Waals surface area contributed by atoms with Crippen LogP contribution in [-0.2, 0) is 14.8 Å². The lowest BCUT2D eigenvalue weighted by Crippen LogP contribution is -2.41. The molecule has 0 radical (unpaired) electrons. The summed E-state index contributed by atoms with van der Waals surface area (Å²) in [6.07, 6.45) is 0.